The molecule has 0 atom stereocenters. The first-order chi connectivity index (χ1) is 16.4. The average molecular weight is 500 g/mol. The number of halogens is 1. The van der Waals surface area contributed by atoms with E-state index >= 15 is 0 Å². The number of methoxy groups -OCH3 is 1. The molecule has 34 heavy (non-hydrogen) atoms. The lowest BCUT2D eigenvalue weighted by molar-refractivity contribution is -0.118. The molecule has 0 saturated heterocycles. The summed E-state index contributed by atoms with van der Waals surface area (Å²) < 4.78 is 44.5. The number of carbonyl (C=O) groups is 1. The molecule has 1 amide bonds. The van der Waals surface area contributed by atoms with Crippen molar-refractivity contribution in [2.45, 2.75) is 24.3 Å². The van der Waals surface area contributed by atoms with Crippen molar-refractivity contribution in [3.05, 3.63) is 78.4 Å². The minimum Gasteiger partial charge on any atom is -0.494 e. The molecular formula is C24H22FN3O4S2. The zero-order chi connectivity index (χ0) is 24.1. The Labute approximate surface area is 200 Å². The van der Waals surface area contributed by atoms with Gasteiger partial charge >= 0.3 is 0 Å². The van der Waals surface area contributed by atoms with Crippen LogP contribution in [-0.2, 0) is 21.2 Å². The predicted molar refractivity (Wildman–Crippen MR) is 129 cm³/mol. The van der Waals surface area contributed by atoms with Gasteiger partial charge in [0.15, 0.2) is 15.0 Å². The van der Waals surface area contributed by atoms with Crippen LogP contribution in [-0.4, -0.2) is 37.2 Å². The minimum atomic E-state index is -3.63. The normalized spacial score (nSPS) is 11.5. The van der Waals surface area contributed by atoms with Gasteiger partial charge in [0.1, 0.15) is 17.1 Å². The first-order valence-electron chi connectivity index (χ1n) is 10.5. The highest BCUT2D eigenvalue weighted by Gasteiger charge is 2.22. The van der Waals surface area contributed by atoms with Crippen LogP contribution < -0.4 is 9.64 Å². The van der Waals surface area contributed by atoms with Gasteiger partial charge in [-0.2, -0.15) is 0 Å². The number of sulfone groups is 1. The molecule has 0 radical (unpaired) electrons. The zero-order valence-corrected chi connectivity index (χ0v) is 20.0. The largest absolute Gasteiger partial charge is 0.494 e. The second kappa shape index (κ2) is 10.3. The van der Waals surface area contributed by atoms with Crippen molar-refractivity contribution in [2.75, 3.05) is 17.8 Å². The van der Waals surface area contributed by atoms with E-state index in [0.29, 0.717) is 16.4 Å². The Morgan fingerprint density at radius 1 is 1.09 bits per heavy atom. The maximum atomic E-state index is 13.2. The van der Waals surface area contributed by atoms with Gasteiger partial charge in [0.2, 0.25) is 5.91 Å². The first-order valence-corrected chi connectivity index (χ1v) is 13.0. The monoisotopic (exact) mass is 499 g/mol. The molecule has 0 spiro atoms. The summed E-state index contributed by atoms with van der Waals surface area (Å²) in [6, 6.07) is 13.9. The molecule has 176 valence electrons. The highest BCUT2D eigenvalue weighted by Crippen LogP contribution is 2.35. The molecule has 0 aliphatic carbocycles. The van der Waals surface area contributed by atoms with Crippen LogP contribution in [0.3, 0.4) is 0 Å². The average Bonchev–Trinajstić information content (AvgIpc) is 3.27. The molecule has 0 fully saturated rings. The quantitative estimate of drug-likeness (QED) is 0.312. The van der Waals surface area contributed by atoms with Gasteiger partial charge in [0.05, 0.1) is 29.0 Å². The van der Waals surface area contributed by atoms with Crippen LogP contribution in [0.1, 0.15) is 18.4 Å². The van der Waals surface area contributed by atoms with Gasteiger partial charge in [-0.25, -0.2) is 17.8 Å². The minimum absolute atomic E-state index is 0.0125. The number of fused-ring (bicyclic) bond motifs is 1. The topological polar surface area (TPSA) is 89.5 Å². The second-order valence-corrected chi connectivity index (χ2v) is 10.6. The van der Waals surface area contributed by atoms with Gasteiger partial charge in [0.25, 0.3) is 0 Å². The molecule has 0 aliphatic heterocycles. The van der Waals surface area contributed by atoms with E-state index in [-0.39, 0.29) is 35.9 Å². The molecular weight excluding hydrogens is 477 g/mol. The van der Waals surface area contributed by atoms with Crippen LogP contribution >= 0.6 is 11.3 Å². The van der Waals surface area contributed by atoms with Crippen LogP contribution in [0.15, 0.2) is 71.9 Å². The Morgan fingerprint density at radius 3 is 2.53 bits per heavy atom. The SMILES string of the molecule is COc1cccc2sc(N(Cc3ccncc3)C(=O)CCCS(=O)(=O)c3ccc(F)cc3)nc12. The summed E-state index contributed by atoms with van der Waals surface area (Å²) in [6.45, 7) is 0.272. The Hall–Kier alpha value is -3.37. The molecule has 7 nitrogen and oxygen atoms in total. The molecule has 2 heterocycles. The molecule has 10 heteroatoms. The lowest BCUT2D eigenvalue weighted by Gasteiger charge is -2.20. The number of pyridine rings is 1. The second-order valence-electron chi connectivity index (χ2n) is 7.52. The fourth-order valence-corrected chi connectivity index (χ4v) is 5.74. The first kappa shape index (κ1) is 23.8. The Balaban J connectivity index is 1.54. The van der Waals surface area contributed by atoms with Crippen LogP contribution in [0.25, 0.3) is 10.2 Å². The van der Waals surface area contributed by atoms with E-state index < -0.39 is 15.7 Å². The standard InChI is InChI=1S/C24H22FN3O4S2/c1-32-20-4-2-5-21-23(20)27-24(33-21)28(16-17-11-13-26-14-12-17)22(29)6-3-15-34(30,31)19-9-7-18(25)8-10-19/h2,4-5,7-14H,3,6,15-16H2,1H3. The van der Waals surface area contributed by atoms with Crippen LogP contribution in [0.2, 0.25) is 0 Å². The summed E-state index contributed by atoms with van der Waals surface area (Å²) in [5.41, 5.74) is 1.53. The molecule has 0 aliphatic rings. The van der Waals surface area contributed by atoms with Crippen molar-refractivity contribution in [3.8, 4) is 5.75 Å². The fraction of sp³-hybridized carbons (Fsp3) is 0.208. The van der Waals surface area contributed by atoms with Crippen LogP contribution in [0, 0.1) is 5.82 Å². The number of rotatable bonds is 9. The summed E-state index contributed by atoms with van der Waals surface area (Å²) in [5.74, 6) is -0.361. The summed E-state index contributed by atoms with van der Waals surface area (Å²) in [5, 5.41) is 0.503. The third kappa shape index (κ3) is 5.40. The number of hydrogen-bond donors (Lipinski definition) is 0. The summed E-state index contributed by atoms with van der Waals surface area (Å²) >= 11 is 1.36. The van der Waals surface area contributed by atoms with Gasteiger partial charge in [0, 0.05) is 18.8 Å². The number of amides is 1. The number of hydrogen-bond acceptors (Lipinski definition) is 7. The van der Waals surface area contributed by atoms with Crippen molar-refractivity contribution >= 4 is 42.4 Å². The van der Waals surface area contributed by atoms with Crippen molar-refractivity contribution in [1.82, 2.24) is 9.97 Å². The van der Waals surface area contributed by atoms with E-state index in [2.05, 4.69) is 9.97 Å². The van der Waals surface area contributed by atoms with Gasteiger partial charge in [-0.15, -0.1) is 0 Å². The molecule has 2 aromatic carbocycles. The third-order valence-corrected chi connectivity index (χ3v) is 8.05. The predicted octanol–water partition coefficient (Wildman–Crippen LogP) is 4.63. The van der Waals surface area contributed by atoms with Gasteiger partial charge < -0.3 is 4.74 Å². The number of carbonyl (C=O) groups excluding carboxylic acids is 1. The molecule has 2 aromatic heterocycles. The van der Waals surface area contributed by atoms with E-state index in [1.807, 2.05) is 24.3 Å². The van der Waals surface area contributed by atoms with Gasteiger partial charge in [-0.1, -0.05) is 17.4 Å². The number of benzene rings is 2. The maximum Gasteiger partial charge on any atom is 0.229 e. The summed E-state index contributed by atoms with van der Waals surface area (Å²) in [7, 11) is -2.06. The van der Waals surface area contributed by atoms with Gasteiger partial charge in [-0.05, 0) is 60.5 Å². The van der Waals surface area contributed by atoms with E-state index in [1.165, 1.54) is 23.5 Å². The number of aromatic nitrogens is 2. The molecule has 0 N–H and O–H groups in total. The maximum absolute atomic E-state index is 13.2. The molecule has 0 saturated carbocycles. The van der Waals surface area contributed by atoms with Crippen molar-refractivity contribution in [2.24, 2.45) is 0 Å². The number of thiazole rings is 1. The lowest BCUT2D eigenvalue weighted by Crippen LogP contribution is -2.30. The number of nitrogens with zero attached hydrogens (tertiary/aromatic N) is 3. The van der Waals surface area contributed by atoms with Crippen molar-refractivity contribution in [3.63, 3.8) is 0 Å². The van der Waals surface area contributed by atoms with E-state index in [4.69, 9.17) is 4.74 Å². The van der Waals surface area contributed by atoms with E-state index in [9.17, 15) is 17.6 Å². The summed E-state index contributed by atoms with van der Waals surface area (Å²) in [6.07, 6.45) is 3.43. The third-order valence-electron chi connectivity index (χ3n) is 5.19. The molecule has 0 bridgehead atoms. The van der Waals surface area contributed by atoms with E-state index in [0.717, 1.165) is 22.4 Å². The molecule has 0 unspecified atom stereocenters. The van der Waals surface area contributed by atoms with Crippen LogP contribution in [0.5, 0.6) is 5.75 Å². The van der Waals surface area contributed by atoms with Crippen molar-refractivity contribution < 1.29 is 22.3 Å². The fourth-order valence-electron chi connectivity index (χ4n) is 3.43. The highest BCUT2D eigenvalue weighted by atomic mass is 32.2. The molecule has 4 rings (SSSR count). The van der Waals surface area contributed by atoms with Crippen LogP contribution in [0.4, 0.5) is 9.52 Å². The highest BCUT2D eigenvalue weighted by molar-refractivity contribution is 7.91. The Bertz CT molecular complexity index is 1390. The Morgan fingerprint density at radius 2 is 1.82 bits per heavy atom. The number of anilines is 1. The summed E-state index contributed by atoms with van der Waals surface area (Å²) in [4.78, 5) is 23.5. The molecule has 4 aromatic rings. The number of ether oxygens (including phenoxy) is 1. The smallest absolute Gasteiger partial charge is 0.229 e. The van der Waals surface area contributed by atoms with Crippen molar-refractivity contribution in [1.29, 1.82) is 0 Å². The lowest BCUT2D eigenvalue weighted by atomic mass is 10.2. The van der Waals surface area contributed by atoms with E-state index in [1.54, 1.807) is 30.5 Å². The Kier molecular flexibility index (Phi) is 7.18. The number of para-hydroxylation sites is 1. The van der Waals surface area contributed by atoms with Gasteiger partial charge in [-0.3, -0.25) is 14.7 Å². The zero-order valence-electron chi connectivity index (χ0n) is 18.3.